The molecule has 1 fully saturated rings. The molecular formula is C17H17BrN6O2S. The highest BCUT2D eigenvalue weighted by Crippen LogP contribution is 2.28. The van der Waals surface area contributed by atoms with Crippen molar-refractivity contribution in [2.24, 2.45) is 0 Å². The third-order valence-electron chi connectivity index (χ3n) is 4.63. The predicted molar refractivity (Wildman–Crippen MR) is 104 cm³/mol. The number of nitrogens with one attached hydrogen (secondary N) is 1. The molecule has 1 amide bonds. The first-order chi connectivity index (χ1) is 13.1. The van der Waals surface area contributed by atoms with Crippen molar-refractivity contribution in [3.63, 3.8) is 0 Å². The summed E-state index contributed by atoms with van der Waals surface area (Å²) in [5.41, 5.74) is -0.130. The van der Waals surface area contributed by atoms with E-state index >= 15 is 0 Å². The number of hydrogen-bond acceptors (Lipinski definition) is 6. The van der Waals surface area contributed by atoms with E-state index in [0.29, 0.717) is 10.7 Å². The van der Waals surface area contributed by atoms with Gasteiger partial charge in [-0.2, -0.15) is 5.10 Å². The number of carbonyl (C=O) groups is 1. The summed E-state index contributed by atoms with van der Waals surface area (Å²) < 4.78 is 3.98. The second kappa shape index (κ2) is 7.73. The SMILES string of the molecule is O=C(NC1CCC(n2nc(-n3cncn3)ccc2=O)CC1)c1cc(Br)cs1. The van der Waals surface area contributed by atoms with Crippen molar-refractivity contribution in [2.75, 3.05) is 0 Å². The lowest BCUT2D eigenvalue weighted by Crippen LogP contribution is -2.39. The quantitative estimate of drug-likeness (QED) is 0.661. The van der Waals surface area contributed by atoms with E-state index in [1.54, 1.807) is 12.4 Å². The zero-order chi connectivity index (χ0) is 18.8. The summed E-state index contributed by atoms with van der Waals surface area (Å²) in [6.45, 7) is 0. The molecule has 0 aliphatic heterocycles. The molecule has 3 aromatic heterocycles. The van der Waals surface area contributed by atoms with E-state index in [1.165, 1.54) is 33.1 Å². The molecule has 0 aromatic carbocycles. The van der Waals surface area contributed by atoms with Crippen LogP contribution < -0.4 is 10.9 Å². The number of halogens is 1. The van der Waals surface area contributed by atoms with Gasteiger partial charge in [-0.3, -0.25) is 9.59 Å². The van der Waals surface area contributed by atoms with Crippen molar-refractivity contribution in [1.82, 2.24) is 29.9 Å². The van der Waals surface area contributed by atoms with Gasteiger partial charge in [0.15, 0.2) is 5.82 Å². The number of carbonyl (C=O) groups excluding carboxylic acids is 1. The highest BCUT2D eigenvalue weighted by molar-refractivity contribution is 9.10. The summed E-state index contributed by atoms with van der Waals surface area (Å²) in [6, 6.07) is 5.10. The molecule has 0 atom stereocenters. The summed E-state index contributed by atoms with van der Waals surface area (Å²) in [7, 11) is 0. The van der Waals surface area contributed by atoms with Crippen LogP contribution >= 0.6 is 27.3 Å². The van der Waals surface area contributed by atoms with E-state index in [4.69, 9.17) is 0 Å². The van der Waals surface area contributed by atoms with Gasteiger partial charge in [0.2, 0.25) is 0 Å². The lowest BCUT2D eigenvalue weighted by Gasteiger charge is -2.29. The van der Waals surface area contributed by atoms with Crippen molar-refractivity contribution < 1.29 is 4.79 Å². The maximum atomic E-state index is 12.3. The predicted octanol–water partition coefficient (Wildman–Crippen LogP) is 2.56. The van der Waals surface area contributed by atoms with Gasteiger partial charge in [0.1, 0.15) is 12.7 Å². The zero-order valence-corrected chi connectivity index (χ0v) is 16.7. The highest BCUT2D eigenvalue weighted by atomic mass is 79.9. The van der Waals surface area contributed by atoms with Gasteiger partial charge in [-0.05, 0) is 53.7 Å². The molecule has 0 radical (unpaired) electrons. The second-order valence-electron chi connectivity index (χ2n) is 6.42. The van der Waals surface area contributed by atoms with Crippen LogP contribution in [0.5, 0.6) is 0 Å². The molecule has 3 aromatic rings. The fraction of sp³-hybridized carbons (Fsp3) is 0.353. The molecule has 1 aliphatic carbocycles. The molecule has 1 aliphatic rings. The van der Waals surface area contributed by atoms with Crippen LogP contribution in [0.15, 0.2) is 45.5 Å². The van der Waals surface area contributed by atoms with Gasteiger partial charge in [-0.1, -0.05) is 0 Å². The first kappa shape index (κ1) is 18.1. The van der Waals surface area contributed by atoms with Gasteiger partial charge in [-0.15, -0.1) is 16.4 Å². The molecule has 3 heterocycles. The van der Waals surface area contributed by atoms with Crippen molar-refractivity contribution >= 4 is 33.2 Å². The number of aromatic nitrogens is 5. The van der Waals surface area contributed by atoms with Crippen LogP contribution in [-0.2, 0) is 0 Å². The molecule has 0 saturated heterocycles. The molecule has 4 rings (SSSR count). The van der Waals surface area contributed by atoms with Crippen LogP contribution in [0.4, 0.5) is 0 Å². The van der Waals surface area contributed by atoms with Crippen LogP contribution in [0.25, 0.3) is 5.82 Å². The molecule has 1 saturated carbocycles. The first-order valence-corrected chi connectivity index (χ1v) is 10.3. The smallest absolute Gasteiger partial charge is 0.267 e. The lowest BCUT2D eigenvalue weighted by atomic mass is 9.91. The summed E-state index contributed by atoms with van der Waals surface area (Å²) in [5.74, 6) is 0.517. The molecule has 0 bridgehead atoms. The molecule has 8 nitrogen and oxygen atoms in total. The van der Waals surface area contributed by atoms with E-state index < -0.39 is 0 Å². The van der Waals surface area contributed by atoms with Crippen molar-refractivity contribution in [1.29, 1.82) is 0 Å². The van der Waals surface area contributed by atoms with Gasteiger partial charge in [0.25, 0.3) is 11.5 Å². The number of hydrogen-bond donors (Lipinski definition) is 1. The van der Waals surface area contributed by atoms with E-state index in [1.807, 2.05) is 11.4 Å². The summed E-state index contributed by atoms with van der Waals surface area (Å²) in [6.07, 6.45) is 6.17. The Balaban J connectivity index is 1.41. The Bertz CT molecular complexity index is 991. The largest absolute Gasteiger partial charge is 0.349 e. The van der Waals surface area contributed by atoms with Gasteiger partial charge >= 0.3 is 0 Å². The van der Waals surface area contributed by atoms with Crippen molar-refractivity contribution in [3.8, 4) is 5.82 Å². The lowest BCUT2D eigenvalue weighted by molar-refractivity contribution is 0.0925. The summed E-state index contributed by atoms with van der Waals surface area (Å²) >= 11 is 4.79. The average molecular weight is 449 g/mol. The van der Waals surface area contributed by atoms with Gasteiger partial charge in [0, 0.05) is 22.0 Å². The van der Waals surface area contributed by atoms with Gasteiger partial charge in [0.05, 0.1) is 10.9 Å². The van der Waals surface area contributed by atoms with Crippen molar-refractivity contribution in [2.45, 2.75) is 37.8 Å². The van der Waals surface area contributed by atoms with Gasteiger partial charge < -0.3 is 5.32 Å². The minimum atomic E-state index is -0.130. The fourth-order valence-corrected chi connectivity index (χ4v) is 4.61. The van der Waals surface area contributed by atoms with E-state index in [0.717, 1.165) is 30.2 Å². The van der Waals surface area contributed by atoms with E-state index in [2.05, 4.69) is 36.4 Å². The molecule has 10 heteroatoms. The Kier molecular flexibility index (Phi) is 5.17. The molecule has 140 valence electrons. The Morgan fingerprint density at radius 3 is 2.74 bits per heavy atom. The third kappa shape index (κ3) is 4.01. The maximum Gasteiger partial charge on any atom is 0.267 e. The average Bonchev–Trinajstić information content (AvgIpc) is 3.35. The number of thiophene rings is 1. The fourth-order valence-electron chi connectivity index (χ4n) is 3.28. The van der Waals surface area contributed by atoms with Crippen LogP contribution in [0.3, 0.4) is 0 Å². The maximum absolute atomic E-state index is 12.3. The first-order valence-electron chi connectivity index (χ1n) is 8.60. The minimum absolute atomic E-state index is 0.0185. The number of nitrogens with zero attached hydrogens (tertiary/aromatic N) is 5. The summed E-state index contributed by atoms with van der Waals surface area (Å²) in [5, 5.41) is 13.5. The Hall–Kier alpha value is -2.33. The molecule has 27 heavy (non-hydrogen) atoms. The Morgan fingerprint density at radius 1 is 1.26 bits per heavy atom. The normalized spacial score (nSPS) is 19.7. The monoisotopic (exact) mass is 448 g/mol. The third-order valence-corrected chi connectivity index (χ3v) is 6.32. The van der Waals surface area contributed by atoms with Crippen LogP contribution in [0.2, 0.25) is 0 Å². The standard InChI is InChI=1S/C17H17BrN6O2S/c18-11-7-14(27-8-11)17(26)21-12-1-3-13(4-2-12)24-16(25)6-5-15(22-24)23-10-19-9-20-23/h5-10,12-13H,1-4H2,(H,21,26). The van der Waals surface area contributed by atoms with Crippen LogP contribution in [0, 0.1) is 0 Å². The van der Waals surface area contributed by atoms with Crippen molar-refractivity contribution in [3.05, 3.63) is 55.9 Å². The zero-order valence-electron chi connectivity index (χ0n) is 14.3. The van der Waals surface area contributed by atoms with Crippen LogP contribution in [0.1, 0.15) is 41.4 Å². The summed E-state index contributed by atoms with van der Waals surface area (Å²) in [4.78, 5) is 29.2. The molecule has 0 spiro atoms. The Labute approximate surface area is 167 Å². The number of rotatable bonds is 4. The molecule has 1 N–H and O–H groups in total. The highest BCUT2D eigenvalue weighted by Gasteiger charge is 2.25. The Morgan fingerprint density at radius 2 is 2.07 bits per heavy atom. The number of amides is 1. The van der Waals surface area contributed by atoms with Gasteiger partial charge in [-0.25, -0.2) is 14.3 Å². The second-order valence-corrected chi connectivity index (χ2v) is 8.25. The van der Waals surface area contributed by atoms with E-state index in [-0.39, 0.29) is 23.6 Å². The van der Waals surface area contributed by atoms with E-state index in [9.17, 15) is 9.59 Å². The minimum Gasteiger partial charge on any atom is -0.349 e. The topological polar surface area (TPSA) is 94.7 Å². The molecular weight excluding hydrogens is 432 g/mol. The molecule has 0 unspecified atom stereocenters. The van der Waals surface area contributed by atoms with Crippen LogP contribution in [-0.4, -0.2) is 36.5 Å².